The highest BCUT2D eigenvalue weighted by atomic mass is 16.1. The molecule has 1 amide bonds. The first kappa shape index (κ1) is 15.0. The summed E-state index contributed by atoms with van der Waals surface area (Å²) < 4.78 is 0. The van der Waals surface area contributed by atoms with Crippen LogP contribution in [-0.4, -0.2) is 22.4 Å². The molecular formula is C18H17N3O2. The van der Waals surface area contributed by atoms with Gasteiger partial charge in [0.25, 0.3) is 11.5 Å². The SMILES string of the molecule is Cc1cccc2cc(CCNC(=O)c3ccncc3)c(=O)[nH]c12. The van der Waals surface area contributed by atoms with Gasteiger partial charge in [0.1, 0.15) is 0 Å². The lowest BCUT2D eigenvalue weighted by Crippen LogP contribution is -2.27. The Morgan fingerprint density at radius 2 is 2.00 bits per heavy atom. The number of aromatic nitrogens is 2. The maximum atomic E-state index is 12.2. The topological polar surface area (TPSA) is 74.8 Å². The van der Waals surface area contributed by atoms with E-state index in [2.05, 4.69) is 15.3 Å². The summed E-state index contributed by atoms with van der Waals surface area (Å²) in [6, 6.07) is 11.1. The molecule has 0 atom stereocenters. The van der Waals surface area contributed by atoms with Gasteiger partial charge in [-0.25, -0.2) is 0 Å². The summed E-state index contributed by atoms with van der Waals surface area (Å²) in [6.45, 7) is 2.37. The summed E-state index contributed by atoms with van der Waals surface area (Å²) in [5, 5.41) is 3.81. The highest BCUT2D eigenvalue weighted by Gasteiger charge is 2.07. The third-order valence-corrected chi connectivity index (χ3v) is 3.79. The minimum atomic E-state index is -0.166. The Morgan fingerprint density at radius 3 is 2.78 bits per heavy atom. The van der Waals surface area contributed by atoms with E-state index in [1.54, 1.807) is 24.5 Å². The van der Waals surface area contributed by atoms with Crippen LogP contribution in [0.15, 0.2) is 53.6 Å². The molecule has 0 aliphatic rings. The number of rotatable bonds is 4. The second-order valence-corrected chi connectivity index (χ2v) is 5.40. The summed E-state index contributed by atoms with van der Waals surface area (Å²) in [5.41, 5.74) is 3.02. The largest absolute Gasteiger partial charge is 0.352 e. The normalized spacial score (nSPS) is 10.7. The molecule has 5 nitrogen and oxygen atoms in total. The molecule has 2 aromatic heterocycles. The monoisotopic (exact) mass is 307 g/mol. The number of aryl methyl sites for hydroxylation is 1. The van der Waals surface area contributed by atoms with Crippen LogP contribution < -0.4 is 10.9 Å². The molecule has 0 fully saturated rings. The van der Waals surface area contributed by atoms with Gasteiger partial charge in [-0.05, 0) is 42.5 Å². The van der Waals surface area contributed by atoms with E-state index in [4.69, 9.17) is 0 Å². The van der Waals surface area contributed by atoms with E-state index < -0.39 is 0 Å². The van der Waals surface area contributed by atoms with Crippen molar-refractivity contribution in [3.8, 4) is 0 Å². The number of hydrogen-bond acceptors (Lipinski definition) is 3. The number of carbonyl (C=O) groups excluding carboxylic acids is 1. The Balaban J connectivity index is 1.71. The molecule has 0 unspecified atom stereocenters. The molecule has 0 saturated carbocycles. The predicted octanol–water partition coefficient (Wildman–Crippen LogP) is 2.20. The highest BCUT2D eigenvalue weighted by Crippen LogP contribution is 2.15. The third kappa shape index (κ3) is 3.29. The zero-order valence-corrected chi connectivity index (χ0v) is 12.8. The summed E-state index contributed by atoms with van der Waals surface area (Å²) in [6.07, 6.45) is 3.63. The van der Waals surface area contributed by atoms with Crippen LogP contribution in [0.2, 0.25) is 0 Å². The van der Waals surface area contributed by atoms with Crippen LogP contribution in [-0.2, 0) is 6.42 Å². The number of aromatic amines is 1. The van der Waals surface area contributed by atoms with Gasteiger partial charge in [0.05, 0.1) is 5.52 Å². The standard InChI is InChI=1S/C18H17N3O2/c1-12-3-2-4-14-11-15(18(23)21-16(12)14)7-10-20-17(22)13-5-8-19-9-6-13/h2-6,8-9,11H,7,10H2,1H3,(H,20,22)(H,21,23). The number of amides is 1. The van der Waals surface area contributed by atoms with Gasteiger partial charge in [0.2, 0.25) is 0 Å². The Labute approximate surface area is 133 Å². The van der Waals surface area contributed by atoms with Crippen LogP contribution in [0.25, 0.3) is 10.9 Å². The van der Waals surface area contributed by atoms with Gasteiger partial charge < -0.3 is 10.3 Å². The maximum Gasteiger partial charge on any atom is 0.251 e. The molecule has 23 heavy (non-hydrogen) atoms. The molecule has 0 bridgehead atoms. The summed E-state index contributed by atoms with van der Waals surface area (Å²) >= 11 is 0. The van der Waals surface area contributed by atoms with Crippen molar-refractivity contribution in [3.63, 3.8) is 0 Å². The minimum absolute atomic E-state index is 0.107. The van der Waals surface area contributed by atoms with Crippen molar-refractivity contribution in [2.75, 3.05) is 6.54 Å². The molecule has 0 aliphatic carbocycles. The second kappa shape index (κ2) is 6.44. The molecule has 0 aliphatic heterocycles. The lowest BCUT2D eigenvalue weighted by molar-refractivity contribution is 0.0954. The van der Waals surface area contributed by atoms with Crippen molar-refractivity contribution in [1.29, 1.82) is 0 Å². The number of H-pyrrole nitrogens is 1. The molecule has 5 heteroatoms. The van der Waals surface area contributed by atoms with Crippen LogP contribution in [0, 0.1) is 6.92 Å². The van der Waals surface area contributed by atoms with Crippen molar-refractivity contribution in [3.05, 3.63) is 75.8 Å². The van der Waals surface area contributed by atoms with Gasteiger partial charge in [-0.15, -0.1) is 0 Å². The molecule has 0 saturated heterocycles. The number of hydrogen-bond donors (Lipinski definition) is 2. The van der Waals surface area contributed by atoms with Crippen molar-refractivity contribution in [1.82, 2.24) is 15.3 Å². The number of nitrogens with zero attached hydrogens (tertiary/aromatic N) is 1. The van der Waals surface area contributed by atoms with E-state index in [1.165, 1.54) is 0 Å². The fourth-order valence-corrected chi connectivity index (χ4v) is 2.53. The first-order valence-electron chi connectivity index (χ1n) is 7.45. The molecule has 0 spiro atoms. The molecular weight excluding hydrogens is 290 g/mol. The molecule has 3 aromatic rings. The number of fused-ring (bicyclic) bond motifs is 1. The van der Waals surface area contributed by atoms with Crippen LogP contribution in [0.3, 0.4) is 0 Å². The van der Waals surface area contributed by atoms with Gasteiger partial charge in [-0.3, -0.25) is 14.6 Å². The smallest absolute Gasteiger partial charge is 0.251 e. The lowest BCUT2D eigenvalue weighted by atomic mass is 10.1. The van der Waals surface area contributed by atoms with E-state index in [-0.39, 0.29) is 11.5 Å². The molecule has 0 radical (unpaired) electrons. The fourth-order valence-electron chi connectivity index (χ4n) is 2.53. The first-order valence-corrected chi connectivity index (χ1v) is 7.45. The molecule has 2 heterocycles. The van der Waals surface area contributed by atoms with E-state index in [0.29, 0.717) is 24.1 Å². The molecule has 1 aromatic carbocycles. The van der Waals surface area contributed by atoms with Crippen molar-refractivity contribution >= 4 is 16.8 Å². The van der Waals surface area contributed by atoms with Crippen LogP contribution in [0.1, 0.15) is 21.5 Å². The Morgan fingerprint density at radius 1 is 1.22 bits per heavy atom. The van der Waals surface area contributed by atoms with E-state index in [0.717, 1.165) is 16.5 Å². The Hall–Kier alpha value is -2.95. The maximum absolute atomic E-state index is 12.2. The molecule has 3 rings (SSSR count). The number of benzene rings is 1. The number of pyridine rings is 2. The zero-order chi connectivity index (χ0) is 16.2. The highest BCUT2D eigenvalue weighted by molar-refractivity contribution is 5.93. The summed E-state index contributed by atoms with van der Waals surface area (Å²) in [7, 11) is 0. The summed E-state index contributed by atoms with van der Waals surface area (Å²) in [5.74, 6) is -0.166. The Bertz CT molecular complexity index is 901. The van der Waals surface area contributed by atoms with E-state index in [9.17, 15) is 9.59 Å². The van der Waals surface area contributed by atoms with Crippen molar-refractivity contribution in [2.45, 2.75) is 13.3 Å². The second-order valence-electron chi connectivity index (χ2n) is 5.40. The van der Waals surface area contributed by atoms with Gasteiger partial charge in [-0.2, -0.15) is 0 Å². The summed E-state index contributed by atoms with van der Waals surface area (Å²) in [4.78, 5) is 30.9. The van der Waals surface area contributed by atoms with Crippen LogP contribution >= 0.6 is 0 Å². The van der Waals surface area contributed by atoms with Gasteiger partial charge in [-0.1, -0.05) is 18.2 Å². The van der Waals surface area contributed by atoms with Gasteiger partial charge in [0, 0.05) is 30.1 Å². The lowest BCUT2D eigenvalue weighted by Gasteiger charge is -2.07. The first-order chi connectivity index (χ1) is 11.1. The van der Waals surface area contributed by atoms with Crippen molar-refractivity contribution < 1.29 is 4.79 Å². The predicted molar refractivity (Wildman–Crippen MR) is 89.6 cm³/mol. The van der Waals surface area contributed by atoms with E-state index in [1.807, 2.05) is 31.2 Å². The molecule has 2 N–H and O–H groups in total. The average molecular weight is 307 g/mol. The Kier molecular flexibility index (Phi) is 4.19. The minimum Gasteiger partial charge on any atom is -0.352 e. The number of nitrogens with one attached hydrogen (secondary N) is 2. The zero-order valence-electron chi connectivity index (χ0n) is 12.8. The average Bonchev–Trinajstić information content (AvgIpc) is 2.57. The van der Waals surface area contributed by atoms with E-state index >= 15 is 0 Å². The fraction of sp³-hybridized carbons (Fsp3) is 0.167. The van der Waals surface area contributed by atoms with Crippen LogP contribution in [0.4, 0.5) is 0 Å². The van der Waals surface area contributed by atoms with Crippen LogP contribution in [0.5, 0.6) is 0 Å². The number of carbonyl (C=O) groups is 1. The third-order valence-electron chi connectivity index (χ3n) is 3.79. The number of para-hydroxylation sites is 1. The van der Waals surface area contributed by atoms with Crippen molar-refractivity contribution in [2.24, 2.45) is 0 Å². The molecule has 116 valence electrons. The quantitative estimate of drug-likeness (QED) is 0.776. The van der Waals surface area contributed by atoms with Gasteiger partial charge >= 0.3 is 0 Å². The van der Waals surface area contributed by atoms with Gasteiger partial charge in [0.15, 0.2) is 0 Å².